The average molecular weight is 431 g/mol. The van der Waals surface area contributed by atoms with Crippen LogP contribution in [0.1, 0.15) is 23.2 Å². The number of hydrogen-bond acceptors (Lipinski definition) is 3. The molecule has 3 rings (SSSR count). The van der Waals surface area contributed by atoms with E-state index < -0.39 is 0 Å². The Bertz CT molecular complexity index is 575. The van der Waals surface area contributed by atoms with Crippen molar-refractivity contribution in [1.29, 1.82) is 0 Å². The molecule has 0 aromatic heterocycles. The van der Waals surface area contributed by atoms with Crippen molar-refractivity contribution in [3.63, 3.8) is 0 Å². The second kappa shape index (κ2) is 7.44. The zero-order valence-electron chi connectivity index (χ0n) is 13.5. The van der Waals surface area contributed by atoms with Crippen LogP contribution in [0.2, 0.25) is 0 Å². The Labute approximate surface area is 150 Å². The second-order valence-corrected chi connectivity index (χ2v) is 7.67. The molecule has 6 heteroatoms. The van der Waals surface area contributed by atoms with Crippen LogP contribution >= 0.6 is 22.6 Å². The van der Waals surface area contributed by atoms with E-state index in [1.165, 1.54) is 31.5 Å². The summed E-state index contributed by atoms with van der Waals surface area (Å²) in [5, 5.41) is 0. The molecule has 0 N–H and O–H groups in total. The van der Waals surface area contributed by atoms with Gasteiger partial charge in [0.15, 0.2) is 0 Å². The Hall–Kier alpha value is -0.730. The van der Waals surface area contributed by atoms with Crippen LogP contribution in [0, 0.1) is 9.39 Å². The molecule has 1 aromatic rings. The smallest absolute Gasteiger partial charge is 0.255 e. The van der Waals surface area contributed by atoms with Gasteiger partial charge in [0.25, 0.3) is 5.91 Å². The van der Waals surface area contributed by atoms with Crippen LogP contribution < -0.4 is 0 Å². The lowest BCUT2D eigenvalue weighted by Crippen LogP contribution is -2.55. The zero-order chi connectivity index (χ0) is 16.4. The van der Waals surface area contributed by atoms with E-state index in [4.69, 9.17) is 0 Å². The van der Waals surface area contributed by atoms with Gasteiger partial charge in [0.1, 0.15) is 5.82 Å². The van der Waals surface area contributed by atoms with E-state index >= 15 is 0 Å². The van der Waals surface area contributed by atoms with Gasteiger partial charge >= 0.3 is 0 Å². The van der Waals surface area contributed by atoms with Gasteiger partial charge in [0.2, 0.25) is 0 Å². The van der Waals surface area contributed by atoms with Crippen molar-refractivity contribution in [3.8, 4) is 0 Å². The van der Waals surface area contributed by atoms with Gasteiger partial charge in [-0.2, -0.15) is 0 Å². The molecule has 1 atom stereocenters. The Morgan fingerprint density at radius 3 is 2.65 bits per heavy atom. The molecule has 2 saturated heterocycles. The molecule has 0 aliphatic carbocycles. The van der Waals surface area contributed by atoms with Gasteiger partial charge < -0.3 is 9.80 Å². The fourth-order valence-corrected chi connectivity index (χ4v) is 4.13. The molecule has 0 radical (unpaired) electrons. The maximum Gasteiger partial charge on any atom is 0.255 e. The van der Waals surface area contributed by atoms with Gasteiger partial charge in [0, 0.05) is 42.3 Å². The number of benzene rings is 1. The summed E-state index contributed by atoms with van der Waals surface area (Å²) in [6, 6.07) is 5.03. The lowest BCUT2D eigenvalue weighted by atomic mass is 10.0. The highest BCUT2D eigenvalue weighted by Crippen LogP contribution is 2.20. The molecule has 0 saturated carbocycles. The summed E-state index contributed by atoms with van der Waals surface area (Å²) in [4.78, 5) is 19.4. The molecule has 23 heavy (non-hydrogen) atoms. The van der Waals surface area contributed by atoms with E-state index in [9.17, 15) is 9.18 Å². The molecular formula is C17H23FIN3O. The number of carbonyl (C=O) groups is 1. The average Bonchev–Trinajstić information content (AvgIpc) is 2.56. The molecule has 0 bridgehead atoms. The number of carbonyl (C=O) groups excluding carboxylic acids is 1. The minimum atomic E-state index is -0.349. The summed E-state index contributed by atoms with van der Waals surface area (Å²) in [5.74, 6) is -0.396. The molecule has 2 aliphatic rings. The van der Waals surface area contributed by atoms with Crippen LogP contribution in [0.25, 0.3) is 0 Å². The van der Waals surface area contributed by atoms with E-state index in [-0.39, 0.29) is 11.7 Å². The van der Waals surface area contributed by atoms with Gasteiger partial charge in [-0.1, -0.05) is 0 Å². The number of nitrogens with zero attached hydrogens (tertiary/aromatic N) is 3. The van der Waals surface area contributed by atoms with Crippen molar-refractivity contribution in [2.45, 2.75) is 18.9 Å². The summed E-state index contributed by atoms with van der Waals surface area (Å²) in [5.41, 5.74) is 0.483. The lowest BCUT2D eigenvalue weighted by Gasteiger charge is -2.42. The van der Waals surface area contributed by atoms with Gasteiger partial charge in [-0.05, 0) is 67.2 Å². The highest BCUT2D eigenvalue weighted by Gasteiger charge is 2.29. The van der Waals surface area contributed by atoms with Crippen LogP contribution in [-0.2, 0) is 0 Å². The molecule has 1 amide bonds. The van der Waals surface area contributed by atoms with E-state index in [0.717, 1.165) is 36.3 Å². The molecule has 2 aliphatic heterocycles. The number of amides is 1. The second-order valence-electron chi connectivity index (χ2n) is 6.51. The number of piperazine rings is 1. The summed E-state index contributed by atoms with van der Waals surface area (Å²) in [7, 11) is 2.18. The van der Waals surface area contributed by atoms with E-state index in [1.54, 1.807) is 6.07 Å². The fraction of sp³-hybridized carbons (Fsp3) is 0.588. The third-order valence-electron chi connectivity index (χ3n) is 4.88. The van der Waals surface area contributed by atoms with Crippen molar-refractivity contribution in [2.24, 2.45) is 0 Å². The molecule has 2 fully saturated rings. The predicted molar refractivity (Wildman–Crippen MR) is 97.1 cm³/mol. The summed E-state index contributed by atoms with van der Waals surface area (Å²) in [6.07, 6.45) is 2.50. The highest BCUT2D eigenvalue weighted by atomic mass is 127. The minimum absolute atomic E-state index is 0.0469. The number of rotatable bonds is 2. The Morgan fingerprint density at radius 1 is 1.22 bits per heavy atom. The van der Waals surface area contributed by atoms with Crippen LogP contribution in [0.4, 0.5) is 4.39 Å². The first-order valence-corrected chi connectivity index (χ1v) is 9.29. The number of likely N-dealkylation sites (N-methyl/N-ethyl adjacent to an activating group) is 1. The Morgan fingerprint density at radius 2 is 1.96 bits per heavy atom. The highest BCUT2D eigenvalue weighted by molar-refractivity contribution is 14.1. The topological polar surface area (TPSA) is 26.8 Å². The van der Waals surface area contributed by atoms with Gasteiger partial charge in [0.05, 0.1) is 5.56 Å². The number of likely N-dealkylation sites (tertiary alicyclic amines) is 1. The number of hydrogen-bond donors (Lipinski definition) is 0. The van der Waals surface area contributed by atoms with Gasteiger partial charge in [-0.25, -0.2) is 4.39 Å². The van der Waals surface area contributed by atoms with E-state index in [0.29, 0.717) is 11.6 Å². The molecule has 0 spiro atoms. The van der Waals surface area contributed by atoms with Crippen molar-refractivity contribution in [2.75, 3.05) is 46.3 Å². The fourth-order valence-electron chi connectivity index (χ4n) is 3.56. The largest absolute Gasteiger partial charge is 0.336 e. The monoisotopic (exact) mass is 431 g/mol. The number of halogens is 2. The minimum Gasteiger partial charge on any atom is -0.336 e. The lowest BCUT2D eigenvalue weighted by molar-refractivity contribution is 0.0451. The third-order valence-corrected chi connectivity index (χ3v) is 5.82. The van der Waals surface area contributed by atoms with E-state index in [1.807, 2.05) is 4.90 Å². The molecule has 126 valence electrons. The molecule has 1 aromatic carbocycles. The molecule has 2 heterocycles. The van der Waals surface area contributed by atoms with Crippen molar-refractivity contribution < 1.29 is 9.18 Å². The molecule has 4 nitrogen and oxygen atoms in total. The van der Waals surface area contributed by atoms with Crippen LogP contribution in [-0.4, -0.2) is 73.0 Å². The quantitative estimate of drug-likeness (QED) is 0.673. The van der Waals surface area contributed by atoms with Crippen molar-refractivity contribution in [3.05, 3.63) is 33.1 Å². The first-order chi connectivity index (χ1) is 11.0. The van der Waals surface area contributed by atoms with Crippen LogP contribution in [0.5, 0.6) is 0 Å². The SMILES string of the molecule is CN1CCCC(N2CCN(C(=O)c3cc(F)ccc3I)CC2)C1. The van der Waals surface area contributed by atoms with Crippen LogP contribution in [0.15, 0.2) is 18.2 Å². The predicted octanol–water partition coefficient (Wildman–Crippen LogP) is 2.28. The maximum atomic E-state index is 13.4. The van der Waals surface area contributed by atoms with Crippen LogP contribution in [0.3, 0.4) is 0 Å². The van der Waals surface area contributed by atoms with Gasteiger partial charge in [-0.3, -0.25) is 9.69 Å². The Kier molecular flexibility index (Phi) is 5.53. The summed E-state index contributed by atoms with van der Waals surface area (Å²) in [6.45, 7) is 5.59. The van der Waals surface area contributed by atoms with E-state index in [2.05, 4.69) is 39.4 Å². The third kappa shape index (κ3) is 4.03. The maximum absolute atomic E-state index is 13.4. The first kappa shape index (κ1) is 17.1. The summed E-state index contributed by atoms with van der Waals surface area (Å²) >= 11 is 2.10. The zero-order valence-corrected chi connectivity index (χ0v) is 15.6. The van der Waals surface area contributed by atoms with Crippen molar-refractivity contribution >= 4 is 28.5 Å². The normalized spacial score (nSPS) is 24.0. The number of piperidine rings is 1. The first-order valence-electron chi connectivity index (χ1n) is 8.21. The van der Waals surface area contributed by atoms with Gasteiger partial charge in [-0.15, -0.1) is 0 Å². The van der Waals surface area contributed by atoms with Crippen molar-refractivity contribution in [1.82, 2.24) is 14.7 Å². The molecule has 1 unspecified atom stereocenters. The summed E-state index contributed by atoms with van der Waals surface area (Å²) < 4.78 is 14.2. The molecular weight excluding hydrogens is 408 g/mol. The standard InChI is InChI=1S/C17H23FIN3O/c1-20-6-2-3-14(12-20)21-7-9-22(10-8-21)17(23)15-11-13(18)4-5-16(15)19/h4-5,11,14H,2-3,6-10,12H2,1H3. The Balaban J connectivity index is 1.60.